The van der Waals surface area contributed by atoms with Crippen LogP contribution in [-0.2, 0) is 0 Å². The molecule has 0 radical (unpaired) electrons. The van der Waals surface area contributed by atoms with Crippen molar-refractivity contribution in [1.29, 1.82) is 0 Å². The maximum Gasteiger partial charge on any atom is 0.241 e. The molecule has 0 aromatic heterocycles. The van der Waals surface area contributed by atoms with E-state index < -0.39 is 6.43 Å². The van der Waals surface area contributed by atoms with Crippen LogP contribution in [0.1, 0.15) is 77.0 Å². The van der Waals surface area contributed by atoms with Crippen LogP contribution in [0.4, 0.5) is 8.78 Å². The van der Waals surface area contributed by atoms with Gasteiger partial charge in [0.15, 0.2) is 0 Å². The van der Waals surface area contributed by atoms with Crippen LogP contribution >= 0.6 is 22.6 Å². The number of alkyl halides is 3. The van der Waals surface area contributed by atoms with Gasteiger partial charge in [0.05, 0.1) is 0 Å². The molecule has 0 unspecified atom stereocenters. The smallest absolute Gasteiger partial charge is 0.210 e. The fraction of sp³-hybridized carbons (Fsp3) is 1.00. The summed E-state index contributed by atoms with van der Waals surface area (Å²) in [4.78, 5) is 0. The first-order chi connectivity index (χ1) is 10.6. The Hall–Kier alpha value is 0.590. The Kier molecular flexibility index (Phi) is 6.42. The molecule has 3 heteroatoms. The highest BCUT2D eigenvalue weighted by molar-refractivity contribution is 14.1. The standard InChI is InChI=1S/C19H31F2I/c20-19(21)17-7-5-15(6-8-17)13-1-3-14(4-2-13)16-9-11-18(22)12-10-16/h13-19H,1-12H2. The van der Waals surface area contributed by atoms with E-state index >= 15 is 0 Å². The summed E-state index contributed by atoms with van der Waals surface area (Å²) in [5, 5.41) is 0. The monoisotopic (exact) mass is 424 g/mol. The molecule has 0 spiro atoms. The molecule has 0 saturated heterocycles. The van der Waals surface area contributed by atoms with Gasteiger partial charge in [0.2, 0.25) is 6.43 Å². The van der Waals surface area contributed by atoms with Crippen LogP contribution in [0.2, 0.25) is 0 Å². The average Bonchev–Trinajstić information content (AvgIpc) is 2.56. The molecule has 3 aliphatic carbocycles. The minimum Gasteiger partial charge on any atom is -0.210 e. The first kappa shape index (κ1) is 17.4. The van der Waals surface area contributed by atoms with E-state index in [4.69, 9.17) is 0 Å². The van der Waals surface area contributed by atoms with E-state index in [9.17, 15) is 8.78 Å². The Balaban J connectivity index is 1.40. The van der Waals surface area contributed by atoms with E-state index in [2.05, 4.69) is 22.6 Å². The Labute approximate surface area is 148 Å². The number of halogens is 3. The highest BCUT2D eigenvalue weighted by atomic mass is 127. The molecule has 0 atom stereocenters. The van der Waals surface area contributed by atoms with Crippen molar-refractivity contribution in [3.63, 3.8) is 0 Å². The zero-order chi connectivity index (χ0) is 15.5. The lowest BCUT2D eigenvalue weighted by molar-refractivity contribution is 0.0319. The first-order valence-electron chi connectivity index (χ1n) is 9.55. The highest BCUT2D eigenvalue weighted by Crippen LogP contribution is 2.46. The van der Waals surface area contributed by atoms with Gasteiger partial charge in [-0.3, -0.25) is 0 Å². The Morgan fingerprint density at radius 2 is 0.864 bits per heavy atom. The van der Waals surface area contributed by atoms with E-state index in [0.29, 0.717) is 0 Å². The van der Waals surface area contributed by atoms with Crippen LogP contribution in [0.5, 0.6) is 0 Å². The van der Waals surface area contributed by atoms with Crippen molar-refractivity contribution >= 4 is 22.6 Å². The van der Waals surface area contributed by atoms with Crippen LogP contribution < -0.4 is 0 Å². The van der Waals surface area contributed by atoms with Crippen molar-refractivity contribution in [2.75, 3.05) is 0 Å². The minimum absolute atomic E-state index is 0.295. The molecule has 0 nitrogen and oxygen atoms in total. The van der Waals surface area contributed by atoms with Gasteiger partial charge in [-0.2, -0.15) is 0 Å². The maximum atomic E-state index is 12.8. The third kappa shape index (κ3) is 4.36. The summed E-state index contributed by atoms with van der Waals surface area (Å²) >= 11 is 2.62. The summed E-state index contributed by atoms with van der Waals surface area (Å²) in [6, 6.07) is 0. The van der Waals surface area contributed by atoms with E-state index in [0.717, 1.165) is 53.3 Å². The molecule has 0 heterocycles. The van der Waals surface area contributed by atoms with Crippen LogP contribution in [0.3, 0.4) is 0 Å². The van der Waals surface area contributed by atoms with Gasteiger partial charge in [-0.15, -0.1) is 0 Å². The molecule has 128 valence electrons. The van der Waals surface area contributed by atoms with Gasteiger partial charge in [-0.1, -0.05) is 22.6 Å². The Morgan fingerprint density at radius 1 is 0.545 bits per heavy atom. The van der Waals surface area contributed by atoms with Gasteiger partial charge >= 0.3 is 0 Å². The first-order valence-corrected chi connectivity index (χ1v) is 10.8. The van der Waals surface area contributed by atoms with Crippen LogP contribution in [-0.4, -0.2) is 10.4 Å². The molecule has 0 bridgehead atoms. The molecule has 3 saturated carbocycles. The van der Waals surface area contributed by atoms with Crippen molar-refractivity contribution < 1.29 is 8.78 Å². The van der Waals surface area contributed by atoms with Gasteiger partial charge in [0, 0.05) is 9.84 Å². The molecule has 3 fully saturated rings. The topological polar surface area (TPSA) is 0 Å². The summed E-state index contributed by atoms with van der Waals surface area (Å²) < 4.78 is 26.5. The SMILES string of the molecule is FC(F)C1CCC(C2CCC(C3CCC(I)CC3)CC2)CC1. The van der Waals surface area contributed by atoms with Gasteiger partial charge in [-0.25, -0.2) is 8.78 Å². The molecule has 0 aromatic rings. The normalized spacial score (nSPS) is 44.2. The second-order valence-corrected chi connectivity index (χ2v) is 9.96. The molecule has 0 aromatic carbocycles. The highest BCUT2D eigenvalue weighted by Gasteiger charge is 2.35. The largest absolute Gasteiger partial charge is 0.241 e. The van der Waals surface area contributed by atoms with Crippen molar-refractivity contribution in [3.8, 4) is 0 Å². The van der Waals surface area contributed by atoms with Gasteiger partial charge in [-0.05, 0) is 101 Å². The van der Waals surface area contributed by atoms with Gasteiger partial charge < -0.3 is 0 Å². The van der Waals surface area contributed by atoms with Gasteiger partial charge in [0.1, 0.15) is 0 Å². The molecule has 22 heavy (non-hydrogen) atoms. The fourth-order valence-electron chi connectivity index (χ4n) is 5.51. The zero-order valence-corrected chi connectivity index (χ0v) is 15.8. The second kappa shape index (κ2) is 8.11. The lowest BCUT2D eigenvalue weighted by atomic mass is 9.66. The molecular weight excluding hydrogens is 393 g/mol. The number of hydrogen-bond acceptors (Lipinski definition) is 0. The predicted molar refractivity (Wildman–Crippen MR) is 96.7 cm³/mol. The molecule has 3 aliphatic rings. The van der Waals surface area contributed by atoms with Crippen molar-refractivity contribution in [1.82, 2.24) is 0 Å². The summed E-state index contributed by atoms with van der Waals surface area (Å²) in [6.07, 6.45) is 13.0. The lowest BCUT2D eigenvalue weighted by Gasteiger charge is -2.41. The Morgan fingerprint density at radius 3 is 1.23 bits per heavy atom. The molecule has 0 amide bonds. The van der Waals surface area contributed by atoms with Crippen molar-refractivity contribution in [2.45, 2.75) is 87.4 Å². The van der Waals surface area contributed by atoms with Gasteiger partial charge in [0.25, 0.3) is 0 Å². The molecule has 0 aliphatic heterocycles. The van der Waals surface area contributed by atoms with E-state index in [1.807, 2.05) is 0 Å². The van der Waals surface area contributed by atoms with Crippen molar-refractivity contribution in [3.05, 3.63) is 0 Å². The second-order valence-electron chi connectivity index (χ2n) is 8.20. The van der Waals surface area contributed by atoms with Crippen LogP contribution in [0, 0.1) is 29.6 Å². The number of hydrogen-bond donors (Lipinski definition) is 0. The summed E-state index contributed by atoms with van der Waals surface area (Å²) in [5.41, 5.74) is 0. The van der Waals surface area contributed by atoms with E-state index in [1.165, 1.54) is 51.4 Å². The lowest BCUT2D eigenvalue weighted by Crippen LogP contribution is -2.30. The van der Waals surface area contributed by atoms with Crippen molar-refractivity contribution in [2.24, 2.45) is 29.6 Å². The van der Waals surface area contributed by atoms with Crippen LogP contribution in [0.25, 0.3) is 0 Å². The zero-order valence-electron chi connectivity index (χ0n) is 13.7. The third-order valence-electron chi connectivity index (χ3n) is 7.02. The summed E-state index contributed by atoms with van der Waals surface area (Å²) in [7, 11) is 0. The molecule has 0 N–H and O–H groups in total. The summed E-state index contributed by atoms with van der Waals surface area (Å²) in [5.74, 6) is 3.31. The average molecular weight is 424 g/mol. The minimum atomic E-state index is -2.08. The predicted octanol–water partition coefficient (Wildman–Crippen LogP) is 6.86. The fourth-order valence-corrected chi connectivity index (χ4v) is 6.23. The summed E-state index contributed by atoms with van der Waals surface area (Å²) in [6.45, 7) is 0. The van der Waals surface area contributed by atoms with Crippen LogP contribution in [0.15, 0.2) is 0 Å². The maximum absolute atomic E-state index is 12.8. The van der Waals surface area contributed by atoms with E-state index in [1.54, 1.807) is 0 Å². The van der Waals surface area contributed by atoms with E-state index in [-0.39, 0.29) is 5.92 Å². The third-order valence-corrected chi connectivity index (χ3v) is 8.27. The quantitative estimate of drug-likeness (QED) is 0.343. The molecular formula is C19H31F2I. The number of rotatable bonds is 3. The Bertz CT molecular complexity index is 322. The molecule has 3 rings (SSSR count).